The van der Waals surface area contributed by atoms with E-state index in [0.29, 0.717) is 0 Å². The van der Waals surface area contributed by atoms with Crippen molar-refractivity contribution in [3.05, 3.63) is 60.7 Å². The standard InChI is InChI=1S/C14H14NOPS/c15-14(16)11-17(18,12-7-3-1-4-8-12)13-9-5-2-6-10-13/h1-10H,11H2,(H2,15,16). The predicted molar refractivity (Wildman–Crippen MR) is 80.5 cm³/mol. The molecule has 2 rings (SSSR count). The molecule has 0 radical (unpaired) electrons. The van der Waals surface area contributed by atoms with Crippen LogP contribution in [-0.2, 0) is 16.6 Å². The second-order valence-electron chi connectivity index (χ2n) is 4.04. The summed E-state index contributed by atoms with van der Waals surface area (Å²) in [6.07, 6.45) is 0.232. The van der Waals surface area contributed by atoms with E-state index >= 15 is 0 Å². The van der Waals surface area contributed by atoms with Gasteiger partial charge in [0, 0.05) is 6.04 Å². The summed E-state index contributed by atoms with van der Waals surface area (Å²) in [6.45, 7) is 0. The van der Waals surface area contributed by atoms with Gasteiger partial charge in [-0.1, -0.05) is 72.5 Å². The van der Waals surface area contributed by atoms with Gasteiger partial charge in [-0.3, -0.25) is 4.79 Å². The van der Waals surface area contributed by atoms with Crippen LogP contribution in [0.5, 0.6) is 0 Å². The number of carbonyl (C=O) groups is 1. The van der Waals surface area contributed by atoms with Gasteiger partial charge in [-0.15, -0.1) is 0 Å². The fraction of sp³-hybridized carbons (Fsp3) is 0.0714. The highest BCUT2D eigenvalue weighted by molar-refractivity contribution is 8.22. The van der Waals surface area contributed by atoms with Gasteiger partial charge < -0.3 is 5.73 Å². The van der Waals surface area contributed by atoms with Crippen molar-refractivity contribution in [1.82, 2.24) is 0 Å². The van der Waals surface area contributed by atoms with Gasteiger partial charge in [0.15, 0.2) is 0 Å². The van der Waals surface area contributed by atoms with Gasteiger partial charge in [-0.05, 0) is 10.6 Å². The third kappa shape index (κ3) is 2.69. The Kier molecular flexibility index (Phi) is 3.95. The van der Waals surface area contributed by atoms with Crippen molar-refractivity contribution in [2.24, 2.45) is 5.73 Å². The van der Waals surface area contributed by atoms with E-state index in [-0.39, 0.29) is 12.1 Å². The SMILES string of the molecule is NC(=O)CP(=S)(c1ccccc1)c1ccccc1. The number of rotatable bonds is 4. The maximum absolute atomic E-state index is 11.3. The van der Waals surface area contributed by atoms with Gasteiger partial charge >= 0.3 is 0 Å². The number of amides is 1. The van der Waals surface area contributed by atoms with E-state index in [1.165, 1.54) is 0 Å². The van der Waals surface area contributed by atoms with Crippen LogP contribution in [0.3, 0.4) is 0 Å². The molecule has 4 heteroatoms. The Morgan fingerprint density at radius 3 is 1.67 bits per heavy atom. The lowest BCUT2D eigenvalue weighted by atomic mass is 10.4. The second kappa shape index (κ2) is 5.47. The van der Waals surface area contributed by atoms with Crippen LogP contribution in [0.25, 0.3) is 0 Å². The first-order chi connectivity index (χ1) is 8.63. The molecule has 0 saturated heterocycles. The minimum Gasteiger partial charge on any atom is -0.369 e. The monoisotopic (exact) mass is 275 g/mol. The lowest BCUT2D eigenvalue weighted by Gasteiger charge is -2.21. The van der Waals surface area contributed by atoms with Crippen molar-refractivity contribution >= 4 is 34.4 Å². The van der Waals surface area contributed by atoms with Crippen LogP contribution in [0.1, 0.15) is 0 Å². The Hall–Kier alpha value is -1.44. The molecule has 0 aliphatic rings. The van der Waals surface area contributed by atoms with Crippen molar-refractivity contribution in [1.29, 1.82) is 0 Å². The van der Waals surface area contributed by atoms with Crippen molar-refractivity contribution < 1.29 is 4.79 Å². The average molecular weight is 275 g/mol. The first-order valence-corrected chi connectivity index (χ1v) is 8.60. The Bertz CT molecular complexity index is 540. The molecule has 0 heterocycles. The molecule has 0 bridgehead atoms. The molecule has 0 aliphatic carbocycles. The fourth-order valence-electron chi connectivity index (χ4n) is 1.89. The zero-order valence-corrected chi connectivity index (χ0v) is 11.5. The summed E-state index contributed by atoms with van der Waals surface area (Å²) in [5, 5.41) is 2.06. The summed E-state index contributed by atoms with van der Waals surface area (Å²) in [5.41, 5.74) is 5.38. The summed E-state index contributed by atoms with van der Waals surface area (Å²) >= 11 is 5.82. The number of carbonyl (C=O) groups excluding carboxylic acids is 1. The first-order valence-electron chi connectivity index (χ1n) is 5.61. The number of benzene rings is 2. The van der Waals surface area contributed by atoms with Crippen LogP contribution in [0.15, 0.2) is 60.7 Å². The van der Waals surface area contributed by atoms with Crippen LogP contribution >= 0.6 is 6.04 Å². The van der Waals surface area contributed by atoms with Gasteiger partial charge in [0.25, 0.3) is 0 Å². The van der Waals surface area contributed by atoms with Crippen molar-refractivity contribution in [2.45, 2.75) is 0 Å². The first kappa shape index (κ1) is 13.0. The second-order valence-corrected chi connectivity index (χ2v) is 8.73. The summed E-state index contributed by atoms with van der Waals surface area (Å²) in [7, 11) is 0. The molecule has 0 unspecified atom stereocenters. The van der Waals surface area contributed by atoms with E-state index in [2.05, 4.69) is 0 Å². The highest BCUT2D eigenvalue weighted by atomic mass is 32.4. The Morgan fingerprint density at radius 1 is 0.944 bits per heavy atom. The molecule has 0 fully saturated rings. The van der Waals surface area contributed by atoms with Crippen LogP contribution in [-0.4, -0.2) is 12.1 Å². The smallest absolute Gasteiger partial charge is 0.223 e. The third-order valence-corrected chi connectivity index (χ3v) is 7.40. The van der Waals surface area contributed by atoms with E-state index < -0.39 is 6.04 Å². The van der Waals surface area contributed by atoms with E-state index in [4.69, 9.17) is 17.5 Å². The zero-order chi connectivity index (χ0) is 13.0. The molecule has 2 aromatic carbocycles. The molecule has 1 amide bonds. The third-order valence-electron chi connectivity index (χ3n) is 2.73. The lowest BCUT2D eigenvalue weighted by molar-refractivity contribution is -0.115. The summed E-state index contributed by atoms with van der Waals surface area (Å²) in [5.74, 6) is -0.342. The molecular formula is C14H14NOPS. The van der Waals surface area contributed by atoms with Crippen molar-refractivity contribution in [2.75, 3.05) is 6.16 Å². The highest BCUT2D eigenvalue weighted by Gasteiger charge is 2.24. The molecule has 18 heavy (non-hydrogen) atoms. The van der Waals surface area contributed by atoms with E-state index in [1.54, 1.807) is 0 Å². The van der Waals surface area contributed by atoms with Crippen molar-refractivity contribution in [3.8, 4) is 0 Å². The Morgan fingerprint density at radius 2 is 1.33 bits per heavy atom. The summed E-state index contributed by atoms with van der Waals surface area (Å²) in [4.78, 5) is 11.3. The molecule has 0 aliphatic heterocycles. The molecule has 0 saturated carbocycles. The maximum Gasteiger partial charge on any atom is 0.223 e. The molecule has 2 aromatic rings. The predicted octanol–water partition coefficient (Wildman–Crippen LogP) is 1.60. The van der Waals surface area contributed by atoms with E-state index in [1.807, 2.05) is 60.7 Å². The summed E-state index contributed by atoms with van der Waals surface area (Å²) in [6, 6.07) is 17.5. The maximum atomic E-state index is 11.3. The topological polar surface area (TPSA) is 43.1 Å². The number of nitrogens with two attached hydrogens (primary N) is 1. The van der Waals surface area contributed by atoms with Crippen LogP contribution in [0.4, 0.5) is 0 Å². The van der Waals surface area contributed by atoms with Crippen LogP contribution in [0.2, 0.25) is 0 Å². The Balaban J connectivity index is 2.55. The summed E-state index contributed by atoms with van der Waals surface area (Å²) < 4.78 is 0. The molecule has 0 spiro atoms. The minimum atomic E-state index is -2.12. The van der Waals surface area contributed by atoms with Gasteiger partial charge in [-0.2, -0.15) is 0 Å². The number of primary amides is 1. The molecule has 2 N–H and O–H groups in total. The quantitative estimate of drug-likeness (QED) is 0.861. The zero-order valence-electron chi connectivity index (χ0n) is 9.82. The lowest BCUT2D eigenvalue weighted by Crippen LogP contribution is -2.26. The van der Waals surface area contributed by atoms with E-state index in [9.17, 15) is 4.79 Å². The molecular weight excluding hydrogens is 261 g/mol. The van der Waals surface area contributed by atoms with Crippen LogP contribution < -0.4 is 16.3 Å². The Labute approximate surface area is 112 Å². The number of hydrogen-bond donors (Lipinski definition) is 1. The average Bonchev–Trinajstić information content (AvgIpc) is 2.40. The van der Waals surface area contributed by atoms with Gasteiger partial charge in [0.2, 0.25) is 5.91 Å². The largest absolute Gasteiger partial charge is 0.369 e. The van der Waals surface area contributed by atoms with Crippen molar-refractivity contribution in [3.63, 3.8) is 0 Å². The van der Waals surface area contributed by atoms with Gasteiger partial charge in [0.05, 0.1) is 6.16 Å². The fourth-order valence-corrected chi connectivity index (χ4v) is 5.41. The minimum absolute atomic E-state index is 0.232. The molecule has 2 nitrogen and oxygen atoms in total. The molecule has 0 aromatic heterocycles. The number of hydrogen-bond acceptors (Lipinski definition) is 2. The highest BCUT2D eigenvalue weighted by Crippen LogP contribution is 2.42. The van der Waals surface area contributed by atoms with Gasteiger partial charge in [0.1, 0.15) is 0 Å². The normalized spacial score (nSPS) is 11.1. The van der Waals surface area contributed by atoms with Gasteiger partial charge in [-0.25, -0.2) is 0 Å². The van der Waals surface area contributed by atoms with E-state index in [0.717, 1.165) is 10.6 Å². The molecule has 92 valence electrons. The van der Waals surface area contributed by atoms with Crippen LogP contribution in [0, 0.1) is 0 Å². The molecule has 0 atom stereocenters.